The van der Waals surface area contributed by atoms with Gasteiger partial charge in [-0.05, 0) is 12.3 Å². The highest BCUT2D eigenvalue weighted by molar-refractivity contribution is 4.94. The largest absolute Gasteiger partial charge is 0.351 e. The van der Waals surface area contributed by atoms with Crippen molar-refractivity contribution >= 4 is 0 Å². The third-order valence-electron chi connectivity index (χ3n) is 1.81. The summed E-state index contributed by atoms with van der Waals surface area (Å²) in [6.07, 6.45) is 6.02. The van der Waals surface area contributed by atoms with E-state index < -0.39 is 0 Å². The van der Waals surface area contributed by atoms with E-state index in [0.717, 1.165) is 12.3 Å². The fourth-order valence-corrected chi connectivity index (χ4v) is 0.904. The molecule has 0 saturated carbocycles. The summed E-state index contributed by atoms with van der Waals surface area (Å²) in [7, 11) is 0. The smallest absolute Gasteiger partial charge is 0.0923 e. The lowest BCUT2D eigenvalue weighted by atomic mass is 10.0. The first-order chi connectivity index (χ1) is 4.83. The van der Waals surface area contributed by atoms with Crippen molar-refractivity contribution in [1.82, 2.24) is 9.97 Å². The quantitative estimate of drug-likeness (QED) is 0.680. The number of imidazole rings is 1. The minimum Gasteiger partial charge on any atom is -0.351 e. The minimum atomic E-state index is 0.753. The maximum atomic E-state index is 4.15. The van der Waals surface area contributed by atoms with E-state index in [4.69, 9.17) is 0 Å². The van der Waals surface area contributed by atoms with E-state index >= 15 is 0 Å². The fraction of sp³-hybridized carbons (Fsp3) is 0.625. The number of hydrogen-bond acceptors (Lipinski definition) is 1. The van der Waals surface area contributed by atoms with Crippen LogP contribution >= 0.6 is 0 Å². The van der Waals surface area contributed by atoms with Crippen molar-refractivity contribution in [3.63, 3.8) is 0 Å². The molecule has 0 spiro atoms. The molecule has 2 nitrogen and oxygen atoms in total. The molecule has 0 aliphatic carbocycles. The first kappa shape index (κ1) is 7.32. The lowest BCUT2D eigenvalue weighted by Gasteiger charge is -2.03. The second kappa shape index (κ2) is 3.40. The average molecular weight is 138 g/mol. The number of aromatic nitrogens is 2. The second-order valence-corrected chi connectivity index (χ2v) is 2.78. The second-order valence-electron chi connectivity index (χ2n) is 2.78. The van der Waals surface area contributed by atoms with Crippen molar-refractivity contribution in [2.45, 2.75) is 26.7 Å². The molecule has 0 amide bonds. The van der Waals surface area contributed by atoms with Gasteiger partial charge in [-0.25, -0.2) is 4.98 Å². The Labute approximate surface area is 61.7 Å². The molecule has 1 unspecified atom stereocenters. The zero-order chi connectivity index (χ0) is 7.40. The first-order valence-corrected chi connectivity index (χ1v) is 3.80. The van der Waals surface area contributed by atoms with Crippen molar-refractivity contribution in [2.75, 3.05) is 0 Å². The number of H-pyrrole nitrogens is 1. The number of hydrogen-bond donors (Lipinski definition) is 1. The molecule has 1 aromatic rings. The van der Waals surface area contributed by atoms with E-state index in [-0.39, 0.29) is 0 Å². The molecule has 0 radical (unpaired) electrons. The Kier molecular flexibility index (Phi) is 2.49. The highest BCUT2D eigenvalue weighted by Gasteiger charge is 2.00. The SMILES string of the molecule is CCC(C)Cc1c[nH]cn1. The molecule has 0 aliphatic heterocycles. The number of nitrogens with one attached hydrogen (secondary N) is 1. The van der Waals surface area contributed by atoms with Crippen molar-refractivity contribution in [3.8, 4) is 0 Å². The molecule has 0 bridgehead atoms. The van der Waals surface area contributed by atoms with Gasteiger partial charge in [0, 0.05) is 6.20 Å². The van der Waals surface area contributed by atoms with E-state index in [0.29, 0.717) is 0 Å². The molecule has 1 rings (SSSR count). The van der Waals surface area contributed by atoms with Crippen LogP contribution in [0, 0.1) is 5.92 Å². The Bertz CT molecular complexity index is 167. The summed E-state index contributed by atoms with van der Waals surface area (Å²) in [6.45, 7) is 4.45. The van der Waals surface area contributed by atoms with Gasteiger partial charge < -0.3 is 4.98 Å². The number of nitrogens with zero attached hydrogens (tertiary/aromatic N) is 1. The van der Waals surface area contributed by atoms with E-state index in [9.17, 15) is 0 Å². The molecule has 1 aromatic heterocycles. The van der Waals surface area contributed by atoms with Gasteiger partial charge in [0.15, 0.2) is 0 Å². The van der Waals surface area contributed by atoms with Crippen LogP contribution in [-0.4, -0.2) is 9.97 Å². The summed E-state index contributed by atoms with van der Waals surface area (Å²) in [4.78, 5) is 7.10. The predicted molar refractivity (Wildman–Crippen MR) is 41.7 cm³/mol. The van der Waals surface area contributed by atoms with Crippen molar-refractivity contribution in [1.29, 1.82) is 0 Å². The molecule has 0 fully saturated rings. The van der Waals surface area contributed by atoms with Gasteiger partial charge in [-0.3, -0.25) is 0 Å². The van der Waals surface area contributed by atoms with Crippen LogP contribution < -0.4 is 0 Å². The van der Waals surface area contributed by atoms with E-state index in [1.165, 1.54) is 12.1 Å². The lowest BCUT2D eigenvalue weighted by Crippen LogP contribution is -1.97. The Balaban J connectivity index is 2.40. The van der Waals surface area contributed by atoms with Crippen LogP contribution in [0.3, 0.4) is 0 Å². The van der Waals surface area contributed by atoms with Crippen LogP contribution in [0.25, 0.3) is 0 Å². The van der Waals surface area contributed by atoms with E-state index in [1.807, 2.05) is 6.20 Å². The van der Waals surface area contributed by atoms with Gasteiger partial charge in [-0.15, -0.1) is 0 Å². The van der Waals surface area contributed by atoms with Crippen LogP contribution in [0.2, 0.25) is 0 Å². The van der Waals surface area contributed by atoms with Crippen LogP contribution in [0.1, 0.15) is 26.0 Å². The monoisotopic (exact) mass is 138 g/mol. The Morgan fingerprint density at radius 3 is 3.00 bits per heavy atom. The third kappa shape index (κ3) is 1.87. The first-order valence-electron chi connectivity index (χ1n) is 3.80. The average Bonchev–Trinajstić information content (AvgIpc) is 2.40. The van der Waals surface area contributed by atoms with Gasteiger partial charge in [0.2, 0.25) is 0 Å². The topological polar surface area (TPSA) is 28.7 Å². The summed E-state index contributed by atoms with van der Waals surface area (Å²) in [5.41, 5.74) is 1.18. The number of rotatable bonds is 3. The van der Waals surface area contributed by atoms with Crippen LogP contribution in [0.4, 0.5) is 0 Å². The summed E-state index contributed by atoms with van der Waals surface area (Å²) >= 11 is 0. The Morgan fingerprint density at radius 2 is 2.50 bits per heavy atom. The molecule has 1 heterocycles. The molecular formula is C8H14N2. The van der Waals surface area contributed by atoms with E-state index in [2.05, 4.69) is 23.8 Å². The lowest BCUT2D eigenvalue weighted by molar-refractivity contribution is 0.554. The molecule has 0 saturated heterocycles. The van der Waals surface area contributed by atoms with Gasteiger partial charge >= 0.3 is 0 Å². The maximum Gasteiger partial charge on any atom is 0.0923 e. The molecule has 0 aromatic carbocycles. The van der Waals surface area contributed by atoms with Crippen molar-refractivity contribution in [2.24, 2.45) is 5.92 Å². The van der Waals surface area contributed by atoms with E-state index in [1.54, 1.807) is 6.33 Å². The molecule has 1 N–H and O–H groups in total. The zero-order valence-corrected chi connectivity index (χ0v) is 6.59. The van der Waals surface area contributed by atoms with Crippen LogP contribution in [0.15, 0.2) is 12.5 Å². The minimum absolute atomic E-state index is 0.753. The van der Waals surface area contributed by atoms with Gasteiger partial charge in [-0.2, -0.15) is 0 Å². The van der Waals surface area contributed by atoms with Crippen LogP contribution in [-0.2, 0) is 6.42 Å². The van der Waals surface area contributed by atoms with Gasteiger partial charge in [-0.1, -0.05) is 20.3 Å². The summed E-state index contributed by atoms with van der Waals surface area (Å²) in [5, 5.41) is 0. The molecule has 0 aliphatic rings. The Morgan fingerprint density at radius 1 is 1.70 bits per heavy atom. The van der Waals surface area contributed by atoms with Gasteiger partial charge in [0.05, 0.1) is 12.0 Å². The fourth-order valence-electron chi connectivity index (χ4n) is 0.904. The molecule has 1 atom stereocenters. The molecule has 2 heteroatoms. The van der Waals surface area contributed by atoms with Gasteiger partial charge in [0.1, 0.15) is 0 Å². The standard InChI is InChI=1S/C8H14N2/c1-3-7(2)4-8-5-9-6-10-8/h5-7H,3-4H2,1-2H3,(H,9,10). The maximum absolute atomic E-state index is 4.15. The summed E-state index contributed by atoms with van der Waals surface area (Å²) in [6, 6.07) is 0. The number of aromatic amines is 1. The summed E-state index contributed by atoms with van der Waals surface area (Å²) in [5.74, 6) is 0.753. The zero-order valence-electron chi connectivity index (χ0n) is 6.59. The molecule has 56 valence electrons. The highest BCUT2D eigenvalue weighted by Crippen LogP contribution is 2.07. The third-order valence-corrected chi connectivity index (χ3v) is 1.81. The molecule has 10 heavy (non-hydrogen) atoms. The molecular weight excluding hydrogens is 124 g/mol. The summed E-state index contributed by atoms with van der Waals surface area (Å²) < 4.78 is 0. The highest BCUT2D eigenvalue weighted by atomic mass is 14.9. The Hall–Kier alpha value is -0.790. The van der Waals surface area contributed by atoms with Gasteiger partial charge in [0.25, 0.3) is 0 Å². The predicted octanol–water partition coefficient (Wildman–Crippen LogP) is 2.00. The normalized spacial score (nSPS) is 13.4. The van der Waals surface area contributed by atoms with Crippen molar-refractivity contribution < 1.29 is 0 Å². The van der Waals surface area contributed by atoms with Crippen LogP contribution in [0.5, 0.6) is 0 Å². The van der Waals surface area contributed by atoms with Crippen molar-refractivity contribution in [3.05, 3.63) is 18.2 Å².